The van der Waals surface area contributed by atoms with Gasteiger partial charge in [0.2, 0.25) is 11.8 Å². The molecule has 1 aliphatic rings. The molecular formula is C36H37BrFN3O6S. The van der Waals surface area contributed by atoms with Crippen LogP contribution >= 0.6 is 15.9 Å². The Bertz CT molecular complexity index is 1810. The molecule has 4 aromatic carbocycles. The zero-order chi connectivity index (χ0) is 34.1. The summed E-state index contributed by atoms with van der Waals surface area (Å²) in [6.45, 7) is 2.41. The van der Waals surface area contributed by atoms with Crippen LogP contribution in [0.5, 0.6) is 11.5 Å². The molecule has 1 atom stereocenters. The lowest BCUT2D eigenvalue weighted by Gasteiger charge is -2.34. The second-order valence-electron chi connectivity index (χ2n) is 11.3. The molecule has 2 amide bonds. The number of ether oxygens (including phenoxy) is 2. The summed E-state index contributed by atoms with van der Waals surface area (Å²) in [4.78, 5) is 29.7. The van der Waals surface area contributed by atoms with Crippen LogP contribution in [0.4, 0.5) is 10.1 Å². The standard InChI is InChI=1S/C36H37BrFN3O6S/c1-2-3-19-39-36(43)32(22-26-7-5-4-6-8-26)40(24-27-9-11-28(37)12-10-27)35(42)25-41(30-15-13-29(38)14-16-30)48(44,45)31-17-18-33-34(23-31)47-21-20-46-33/h4-18,23,32H,2-3,19-22,24-25H2,1H3,(H,39,43)/t32-/m0/s1. The number of rotatable bonds is 14. The Morgan fingerprint density at radius 3 is 2.27 bits per heavy atom. The van der Waals surface area contributed by atoms with E-state index in [0.717, 1.165) is 44.9 Å². The van der Waals surface area contributed by atoms with Gasteiger partial charge in [-0.1, -0.05) is 71.7 Å². The van der Waals surface area contributed by atoms with Crippen LogP contribution in [0, 0.1) is 5.82 Å². The predicted octanol–water partition coefficient (Wildman–Crippen LogP) is 6.11. The summed E-state index contributed by atoms with van der Waals surface area (Å²) in [6, 6.07) is 24.8. The molecule has 9 nitrogen and oxygen atoms in total. The minimum absolute atomic E-state index is 0.0339. The zero-order valence-corrected chi connectivity index (χ0v) is 28.9. The van der Waals surface area contributed by atoms with E-state index in [1.165, 1.54) is 35.2 Å². The molecular weight excluding hydrogens is 701 g/mol. The quantitative estimate of drug-likeness (QED) is 0.157. The molecule has 0 aromatic heterocycles. The maximum Gasteiger partial charge on any atom is 0.264 e. The number of nitrogens with zero attached hydrogens (tertiary/aromatic N) is 2. The van der Waals surface area contributed by atoms with Crippen LogP contribution in [0.1, 0.15) is 30.9 Å². The average Bonchev–Trinajstić information content (AvgIpc) is 3.10. The van der Waals surface area contributed by atoms with Gasteiger partial charge in [0.15, 0.2) is 11.5 Å². The Morgan fingerprint density at radius 1 is 0.896 bits per heavy atom. The Morgan fingerprint density at radius 2 is 1.58 bits per heavy atom. The van der Waals surface area contributed by atoms with E-state index in [9.17, 15) is 22.4 Å². The van der Waals surface area contributed by atoms with Crippen molar-refractivity contribution in [2.75, 3.05) is 30.6 Å². The van der Waals surface area contributed by atoms with E-state index in [2.05, 4.69) is 21.2 Å². The Labute approximate surface area is 288 Å². The minimum Gasteiger partial charge on any atom is -0.486 e. The maximum absolute atomic E-state index is 14.6. The van der Waals surface area contributed by atoms with Crippen molar-refractivity contribution >= 4 is 43.5 Å². The number of anilines is 1. The van der Waals surface area contributed by atoms with Gasteiger partial charge in [0, 0.05) is 30.0 Å². The first-order valence-corrected chi connectivity index (χ1v) is 17.9. The number of halogens is 2. The molecule has 0 spiro atoms. The highest BCUT2D eigenvalue weighted by atomic mass is 79.9. The summed E-state index contributed by atoms with van der Waals surface area (Å²) in [7, 11) is -4.41. The van der Waals surface area contributed by atoms with E-state index in [0.29, 0.717) is 18.9 Å². The van der Waals surface area contributed by atoms with Gasteiger partial charge in [-0.15, -0.1) is 0 Å². The third-order valence-electron chi connectivity index (χ3n) is 7.86. The van der Waals surface area contributed by atoms with Gasteiger partial charge in [0.05, 0.1) is 10.6 Å². The van der Waals surface area contributed by atoms with Gasteiger partial charge in [-0.2, -0.15) is 0 Å². The van der Waals surface area contributed by atoms with E-state index in [1.54, 1.807) is 0 Å². The highest BCUT2D eigenvalue weighted by molar-refractivity contribution is 9.10. The number of sulfonamides is 1. The zero-order valence-electron chi connectivity index (χ0n) is 26.5. The molecule has 4 aromatic rings. The molecule has 0 aliphatic carbocycles. The summed E-state index contributed by atoms with van der Waals surface area (Å²) in [6.07, 6.45) is 1.83. The topological polar surface area (TPSA) is 105 Å². The Hall–Kier alpha value is -4.42. The van der Waals surface area contributed by atoms with Crippen molar-refractivity contribution in [1.29, 1.82) is 0 Å². The lowest BCUT2D eigenvalue weighted by Crippen LogP contribution is -2.53. The molecule has 0 fully saturated rings. The van der Waals surface area contributed by atoms with Crippen molar-refractivity contribution in [3.63, 3.8) is 0 Å². The first-order valence-electron chi connectivity index (χ1n) is 15.7. The lowest BCUT2D eigenvalue weighted by molar-refractivity contribution is -0.140. The molecule has 1 heterocycles. The number of unbranched alkanes of at least 4 members (excludes halogenated alkanes) is 1. The number of carbonyl (C=O) groups is 2. The monoisotopic (exact) mass is 737 g/mol. The number of carbonyl (C=O) groups excluding carboxylic acids is 2. The van der Waals surface area contributed by atoms with Crippen molar-refractivity contribution in [2.24, 2.45) is 0 Å². The Kier molecular flexibility index (Phi) is 11.7. The molecule has 1 aliphatic heterocycles. The molecule has 5 rings (SSSR count). The van der Waals surface area contributed by atoms with E-state index < -0.39 is 34.3 Å². The lowest BCUT2D eigenvalue weighted by atomic mass is 10.0. The highest BCUT2D eigenvalue weighted by Crippen LogP contribution is 2.34. The summed E-state index contributed by atoms with van der Waals surface area (Å²) < 4.78 is 55.6. The smallest absolute Gasteiger partial charge is 0.264 e. The molecule has 0 unspecified atom stereocenters. The van der Waals surface area contributed by atoms with Crippen LogP contribution in [0.15, 0.2) is 106 Å². The summed E-state index contributed by atoms with van der Waals surface area (Å²) in [5.74, 6) is -0.861. The van der Waals surface area contributed by atoms with Crippen molar-refractivity contribution in [3.8, 4) is 11.5 Å². The largest absolute Gasteiger partial charge is 0.486 e. The molecule has 48 heavy (non-hydrogen) atoms. The van der Waals surface area contributed by atoms with Crippen LogP contribution in [0.2, 0.25) is 0 Å². The van der Waals surface area contributed by atoms with Crippen molar-refractivity contribution in [1.82, 2.24) is 10.2 Å². The van der Waals surface area contributed by atoms with E-state index in [-0.39, 0.29) is 41.8 Å². The number of fused-ring (bicyclic) bond motifs is 1. The molecule has 12 heteroatoms. The van der Waals surface area contributed by atoms with Gasteiger partial charge < -0.3 is 19.7 Å². The minimum atomic E-state index is -4.41. The van der Waals surface area contributed by atoms with Gasteiger partial charge >= 0.3 is 0 Å². The highest BCUT2D eigenvalue weighted by Gasteiger charge is 2.35. The van der Waals surface area contributed by atoms with Crippen LogP contribution in [-0.2, 0) is 32.6 Å². The molecule has 252 valence electrons. The second kappa shape index (κ2) is 16.1. The average molecular weight is 739 g/mol. The van der Waals surface area contributed by atoms with Crippen LogP contribution in [0.3, 0.4) is 0 Å². The second-order valence-corrected chi connectivity index (χ2v) is 14.1. The molecule has 0 radical (unpaired) electrons. The van der Waals surface area contributed by atoms with E-state index in [1.807, 2.05) is 61.5 Å². The fourth-order valence-electron chi connectivity index (χ4n) is 5.29. The van der Waals surface area contributed by atoms with Crippen molar-refractivity contribution < 1.29 is 31.9 Å². The third-order valence-corrected chi connectivity index (χ3v) is 10.2. The third kappa shape index (κ3) is 8.73. The van der Waals surface area contributed by atoms with Crippen LogP contribution in [0.25, 0.3) is 0 Å². The summed E-state index contributed by atoms with van der Waals surface area (Å²) in [5, 5.41) is 2.97. The van der Waals surface area contributed by atoms with Crippen molar-refractivity contribution in [2.45, 2.75) is 43.7 Å². The van der Waals surface area contributed by atoms with Crippen molar-refractivity contribution in [3.05, 3.63) is 118 Å². The van der Waals surface area contributed by atoms with E-state index >= 15 is 0 Å². The van der Waals surface area contributed by atoms with Gasteiger partial charge in [-0.3, -0.25) is 13.9 Å². The Balaban J connectivity index is 1.56. The van der Waals surface area contributed by atoms with Gasteiger partial charge in [-0.05, 0) is 66.1 Å². The fraction of sp³-hybridized carbons (Fsp3) is 0.278. The van der Waals surface area contributed by atoms with Crippen LogP contribution in [-0.4, -0.2) is 57.5 Å². The normalized spacial score (nSPS) is 13.0. The maximum atomic E-state index is 14.6. The molecule has 1 N–H and O–H groups in total. The van der Waals surface area contributed by atoms with Gasteiger partial charge in [-0.25, -0.2) is 12.8 Å². The summed E-state index contributed by atoms with van der Waals surface area (Å²) in [5.41, 5.74) is 1.66. The van der Waals surface area contributed by atoms with Gasteiger partial charge in [0.25, 0.3) is 10.0 Å². The molecule has 0 saturated carbocycles. The fourth-order valence-corrected chi connectivity index (χ4v) is 6.99. The first kappa shape index (κ1) is 34.9. The number of amides is 2. The summed E-state index contributed by atoms with van der Waals surface area (Å²) >= 11 is 3.44. The number of hydrogen-bond donors (Lipinski definition) is 1. The first-order chi connectivity index (χ1) is 23.2. The van der Waals surface area contributed by atoms with E-state index in [4.69, 9.17) is 9.47 Å². The van der Waals surface area contributed by atoms with Crippen LogP contribution < -0.4 is 19.1 Å². The van der Waals surface area contributed by atoms with Gasteiger partial charge in [0.1, 0.15) is 31.6 Å². The molecule has 0 saturated heterocycles. The number of hydrogen-bond acceptors (Lipinski definition) is 6. The number of nitrogens with one attached hydrogen (secondary N) is 1. The molecule has 0 bridgehead atoms. The number of benzene rings is 4. The predicted molar refractivity (Wildman–Crippen MR) is 185 cm³/mol. The SMILES string of the molecule is CCCCNC(=O)[C@H](Cc1ccccc1)N(Cc1ccc(Br)cc1)C(=O)CN(c1ccc(F)cc1)S(=O)(=O)c1ccc2c(c1)OCCO2.